The van der Waals surface area contributed by atoms with Crippen LogP contribution in [0.2, 0.25) is 0 Å². The van der Waals surface area contributed by atoms with E-state index < -0.39 is 0 Å². The molecule has 0 spiro atoms. The maximum Gasteiger partial charge on any atom is 0.160 e. The van der Waals surface area contributed by atoms with E-state index in [4.69, 9.17) is 19.4 Å². The first-order valence-corrected chi connectivity index (χ1v) is 7.90. The van der Waals surface area contributed by atoms with Gasteiger partial charge in [-0.2, -0.15) is 0 Å². The molecule has 1 fully saturated rings. The third kappa shape index (κ3) is 2.70. The SMILES string of the molecule is COC1(c2nc3c(c(C(C)C)n2)CNCC3)CCOCC1. The van der Waals surface area contributed by atoms with Crippen LogP contribution in [-0.4, -0.2) is 36.8 Å². The molecule has 1 aromatic heterocycles. The van der Waals surface area contributed by atoms with Crippen molar-refractivity contribution in [1.82, 2.24) is 15.3 Å². The van der Waals surface area contributed by atoms with E-state index in [-0.39, 0.29) is 5.60 Å². The lowest BCUT2D eigenvalue weighted by molar-refractivity contribution is -0.100. The number of ether oxygens (including phenoxy) is 2. The Bertz CT molecular complexity index is 510. The number of nitrogens with zero attached hydrogens (tertiary/aromatic N) is 2. The Hall–Kier alpha value is -1.04. The van der Waals surface area contributed by atoms with Gasteiger partial charge in [-0.3, -0.25) is 0 Å². The quantitative estimate of drug-likeness (QED) is 0.922. The molecule has 5 heteroatoms. The summed E-state index contributed by atoms with van der Waals surface area (Å²) in [5.74, 6) is 1.26. The van der Waals surface area contributed by atoms with E-state index in [0.717, 1.165) is 38.2 Å². The Morgan fingerprint density at radius 1 is 1.24 bits per heavy atom. The average molecular weight is 291 g/mol. The van der Waals surface area contributed by atoms with Crippen LogP contribution in [0.15, 0.2) is 0 Å². The lowest BCUT2D eigenvalue weighted by Gasteiger charge is -2.35. The zero-order valence-corrected chi connectivity index (χ0v) is 13.2. The first kappa shape index (κ1) is 14.9. The molecule has 5 nitrogen and oxygen atoms in total. The Balaban J connectivity index is 2.07. The minimum atomic E-state index is -0.373. The fourth-order valence-electron chi connectivity index (χ4n) is 3.27. The van der Waals surface area contributed by atoms with E-state index in [1.807, 2.05) is 0 Å². The summed E-state index contributed by atoms with van der Waals surface area (Å²) in [6, 6.07) is 0. The van der Waals surface area contributed by atoms with Crippen molar-refractivity contribution in [3.05, 3.63) is 22.8 Å². The minimum absolute atomic E-state index is 0.373. The number of nitrogens with one attached hydrogen (secondary N) is 1. The number of methoxy groups -OCH3 is 1. The van der Waals surface area contributed by atoms with Crippen LogP contribution in [-0.2, 0) is 28.0 Å². The highest BCUT2D eigenvalue weighted by atomic mass is 16.5. The van der Waals surface area contributed by atoms with E-state index >= 15 is 0 Å². The molecule has 116 valence electrons. The highest BCUT2D eigenvalue weighted by Gasteiger charge is 2.38. The van der Waals surface area contributed by atoms with Gasteiger partial charge in [0.05, 0.1) is 11.4 Å². The van der Waals surface area contributed by atoms with Crippen LogP contribution in [0.3, 0.4) is 0 Å². The van der Waals surface area contributed by atoms with Crippen LogP contribution >= 0.6 is 0 Å². The Morgan fingerprint density at radius 2 is 2.00 bits per heavy atom. The van der Waals surface area contributed by atoms with E-state index in [1.54, 1.807) is 7.11 Å². The summed E-state index contributed by atoms with van der Waals surface area (Å²) >= 11 is 0. The van der Waals surface area contributed by atoms with Crippen LogP contribution in [0.4, 0.5) is 0 Å². The second-order valence-electron chi connectivity index (χ2n) is 6.25. The third-order valence-corrected chi connectivity index (χ3v) is 4.61. The smallest absolute Gasteiger partial charge is 0.160 e. The highest BCUT2D eigenvalue weighted by Crippen LogP contribution is 2.35. The van der Waals surface area contributed by atoms with Gasteiger partial charge in [-0.15, -0.1) is 0 Å². The number of hydrogen-bond acceptors (Lipinski definition) is 5. The molecule has 0 radical (unpaired) electrons. The second kappa shape index (κ2) is 5.99. The number of fused-ring (bicyclic) bond motifs is 1. The van der Waals surface area contributed by atoms with Gasteiger partial charge in [-0.05, 0) is 5.92 Å². The van der Waals surface area contributed by atoms with E-state index in [9.17, 15) is 0 Å². The fourth-order valence-corrected chi connectivity index (χ4v) is 3.27. The number of hydrogen-bond donors (Lipinski definition) is 1. The predicted molar refractivity (Wildman–Crippen MR) is 80.3 cm³/mol. The predicted octanol–water partition coefficient (Wildman–Crippen LogP) is 1.90. The zero-order valence-electron chi connectivity index (χ0n) is 13.2. The molecule has 1 saturated heterocycles. The molecule has 3 rings (SSSR count). The molecule has 2 aliphatic heterocycles. The first-order valence-electron chi connectivity index (χ1n) is 7.90. The van der Waals surface area contributed by atoms with Gasteiger partial charge in [-0.1, -0.05) is 13.8 Å². The fraction of sp³-hybridized carbons (Fsp3) is 0.750. The van der Waals surface area contributed by atoms with Crippen molar-refractivity contribution >= 4 is 0 Å². The maximum absolute atomic E-state index is 5.87. The molecule has 1 aromatic rings. The van der Waals surface area contributed by atoms with Gasteiger partial charge in [0, 0.05) is 58.2 Å². The molecule has 0 aromatic carbocycles. The Labute approximate surface area is 126 Å². The zero-order chi connectivity index (χ0) is 14.9. The van der Waals surface area contributed by atoms with Crippen molar-refractivity contribution in [2.75, 3.05) is 26.9 Å². The van der Waals surface area contributed by atoms with Crippen LogP contribution in [0.25, 0.3) is 0 Å². The summed E-state index contributed by atoms with van der Waals surface area (Å²) < 4.78 is 11.4. The molecule has 1 N–H and O–H groups in total. The van der Waals surface area contributed by atoms with Gasteiger partial charge in [0.25, 0.3) is 0 Å². The molecule has 2 aliphatic rings. The number of rotatable bonds is 3. The minimum Gasteiger partial charge on any atom is -0.381 e. The van der Waals surface area contributed by atoms with Crippen LogP contribution in [0, 0.1) is 0 Å². The molecule has 0 amide bonds. The average Bonchev–Trinajstić information content (AvgIpc) is 2.54. The van der Waals surface area contributed by atoms with Gasteiger partial charge in [0.15, 0.2) is 5.82 Å². The van der Waals surface area contributed by atoms with Crippen LogP contribution in [0.1, 0.15) is 55.4 Å². The summed E-state index contributed by atoms with van der Waals surface area (Å²) in [6.07, 6.45) is 2.64. The molecule has 0 unspecified atom stereocenters. The van der Waals surface area contributed by atoms with Gasteiger partial charge in [0.2, 0.25) is 0 Å². The standard InChI is InChI=1S/C16H25N3O2/c1-11(2)14-12-10-17-7-4-13(12)18-15(19-14)16(20-3)5-8-21-9-6-16/h11,17H,4-10H2,1-3H3. The van der Waals surface area contributed by atoms with Crippen molar-refractivity contribution in [2.45, 2.75) is 51.2 Å². The van der Waals surface area contributed by atoms with Gasteiger partial charge in [0.1, 0.15) is 5.60 Å². The largest absolute Gasteiger partial charge is 0.381 e. The van der Waals surface area contributed by atoms with Gasteiger partial charge in [-0.25, -0.2) is 9.97 Å². The van der Waals surface area contributed by atoms with Crippen molar-refractivity contribution in [1.29, 1.82) is 0 Å². The highest BCUT2D eigenvalue weighted by molar-refractivity contribution is 5.31. The van der Waals surface area contributed by atoms with Crippen LogP contribution in [0.5, 0.6) is 0 Å². The first-order chi connectivity index (χ1) is 10.2. The summed E-state index contributed by atoms with van der Waals surface area (Å²) in [5, 5.41) is 3.43. The molecule has 0 saturated carbocycles. The molecule has 0 bridgehead atoms. The molecule has 0 atom stereocenters. The monoisotopic (exact) mass is 291 g/mol. The van der Waals surface area contributed by atoms with Crippen molar-refractivity contribution < 1.29 is 9.47 Å². The maximum atomic E-state index is 5.87. The topological polar surface area (TPSA) is 56.3 Å². The molecule has 21 heavy (non-hydrogen) atoms. The van der Waals surface area contributed by atoms with Crippen molar-refractivity contribution in [2.24, 2.45) is 0 Å². The third-order valence-electron chi connectivity index (χ3n) is 4.61. The molecule has 0 aliphatic carbocycles. The van der Waals surface area contributed by atoms with E-state index in [2.05, 4.69) is 19.2 Å². The molecular formula is C16H25N3O2. The molecular weight excluding hydrogens is 266 g/mol. The Morgan fingerprint density at radius 3 is 2.67 bits per heavy atom. The van der Waals surface area contributed by atoms with Crippen molar-refractivity contribution in [3.63, 3.8) is 0 Å². The molecule has 3 heterocycles. The van der Waals surface area contributed by atoms with Crippen molar-refractivity contribution in [3.8, 4) is 0 Å². The van der Waals surface area contributed by atoms with E-state index in [0.29, 0.717) is 19.1 Å². The summed E-state index contributed by atoms with van der Waals surface area (Å²) in [4.78, 5) is 9.81. The summed E-state index contributed by atoms with van der Waals surface area (Å²) in [6.45, 7) is 7.70. The number of aromatic nitrogens is 2. The second-order valence-corrected chi connectivity index (χ2v) is 6.25. The summed E-state index contributed by atoms with van der Waals surface area (Å²) in [5.41, 5.74) is 3.29. The van der Waals surface area contributed by atoms with Crippen LogP contribution < -0.4 is 5.32 Å². The Kier molecular flexibility index (Phi) is 4.24. The van der Waals surface area contributed by atoms with Gasteiger partial charge >= 0.3 is 0 Å². The van der Waals surface area contributed by atoms with Gasteiger partial charge < -0.3 is 14.8 Å². The lowest BCUT2D eigenvalue weighted by Crippen LogP contribution is -2.39. The lowest BCUT2D eigenvalue weighted by atomic mass is 9.91. The van der Waals surface area contributed by atoms with E-state index in [1.165, 1.54) is 17.0 Å². The summed E-state index contributed by atoms with van der Waals surface area (Å²) in [7, 11) is 1.77. The normalized spacial score (nSPS) is 21.3.